The number of urea groups is 1. The molecule has 0 saturated heterocycles. The van der Waals surface area contributed by atoms with Gasteiger partial charge in [-0.15, -0.1) is 0 Å². The van der Waals surface area contributed by atoms with E-state index in [1.54, 1.807) is 0 Å². The third-order valence-electron chi connectivity index (χ3n) is 2.91. The fourth-order valence-corrected chi connectivity index (χ4v) is 1.57. The van der Waals surface area contributed by atoms with Crippen LogP contribution in [-0.2, 0) is 4.79 Å². The summed E-state index contributed by atoms with van der Waals surface area (Å²) in [6.07, 6.45) is 2.64. The van der Waals surface area contributed by atoms with Crippen molar-refractivity contribution in [3.8, 4) is 0 Å². The van der Waals surface area contributed by atoms with E-state index in [0.29, 0.717) is 6.54 Å². The zero-order valence-corrected chi connectivity index (χ0v) is 11.0. The summed E-state index contributed by atoms with van der Waals surface area (Å²) in [7, 11) is 0. The van der Waals surface area contributed by atoms with Gasteiger partial charge in [0.2, 0.25) is 0 Å². The Bertz CT molecular complexity index is 240. The van der Waals surface area contributed by atoms with Crippen molar-refractivity contribution in [2.75, 3.05) is 6.54 Å². The Morgan fingerprint density at radius 2 is 1.71 bits per heavy atom. The summed E-state index contributed by atoms with van der Waals surface area (Å²) in [6.45, 7) is 6.38. The number of rotatable bonds is 8. The van der Waals surface area contributed by atoms with Crippen molar-refractivity contribution in [3.63, 3.8) is 0 Å². The first-order valence-corrected chi connectivity index (χ1v) is 6.29. The minimum absolute atomic E-state index is 0.0000435. The molecule has 5 heteroatoms. The molecule has 5 nitrogen and oxygen atoms in total. The quantitative estimate of drug-likeness (QED) is 0.611. The zero-order chi connectivity index (χ0) is 13.3. The van der Waals surface area contributed by atoms with Gasteiger partial charge in [0.25, 0.3) is 0 Å². The second-order valence-electron chi connectivity index (χ2n) is 4.24. The number of carbonyl (C=O) groups excluding carboxylic acids is 1. The van der Waals surface area contributed by atoms with Crippen LogP contribution < -0.4 is 10.6 Å². The molecular formula is C12H24N2O3. The first kappa shape index (κ1) is 15.7. The molecule has 2 amide bonds. The summed E-state index contributed by atoms with van der Waals surface area (Å²) in [6, 6.07) is -0.0166. The summed E-state index contributed by atoms with van der Waals surface area (Å²) in [5.74, 6) is -0.820. The topological polar surface area (TPSA) is 78.4 Å². The smallest absolute Gasteiger partial charge is 0.315 e. The van der Waals surface area contributed by atoms with Gasteiger partial charge in [-0.1, -0.05) is 27.2 Å². The highest BCUT2D eigenvalue weighted by Crippen LogP contribution is 2.06. The second-order valence-corrected chi connectivity index (χ2v) is 4.24. The predicted molar refractivity (Wildman–Crippen MR) is 66.9 cm³/mol. The number of hydrogen-bond acceptors (Lipinski definition) is 2. The average molecular weight is 244 g/mol. The van der Waals surface area contributed by atoms with Crippen LogP contribution in [0.1, 0.15) is 46.5 Å². The van der Waals surface area contributed by atoms with Crippen LogP contribution >= 0.6 is 0 Å². The van der Waals surface area contributed by atoms with E-state index < -0.39 is 5.97 Å². The first-order chi connectivity index (χ1) is 8.03. The second kappa shape index (κ2) is 8.84. The van der Waals surface area contributed by atoms with Crippen molar-refractivity contribution in [2.24, 2.45) is 5.92 Å². The van der Waals surface area contributed by atoms with Crippen LogP contribution in [0.4, 0.5) is 4.79 Å². The lowest BCUT2D eigenvalue weighted by Gasteiger charge is -2.17. The van der Waals surface area contributed by atoms with E-state index in [-0.39, 0.29) is 24.4 Å². The van der Waals surface area contributed by atoms with Gasteiger partial charge in [0, 0.05) is 19.0 Å². The van der Waals surface area contributed by atoms with Gasteiger partial charge in [0.05, 0.1) is 0 Å². The fraction of sp³-hybridized carbons (Fsp3) is 0.833. The number of amides is 2. The molecule has 0 saturated carbocycles. The minimum atomic E-state index is -0.820. The predicted octanol–water partition coefficient (Wildman–Crippen LogP) is 1.98. The number of carboxylic acid groups (broad SMARTS) is 1. The molecule has 0 aliphatic carbocycles. The fourth-order valence-electron chi connectivity index (χ4n) is 1.57. The van der Waals surface area contributed by atoms with Gasteiger partial charge in [-0.2, -0.15) is 0 Å². The van der Waals surface area contributed by atoms with Crippen LogP contribution in [0.15, 0.2) is 0 Å². The largest absolute Gasteiger partial charge is 0.481 e. The maximum atomic E-state index is 11.5. The van der Waals surface area contributed by atoms with Crippen molar-refractivity contribution in [2.45, 2.75) is 52.5 Å². The van der Waals surface area contributed by atoms with Crippen LogP contribution in [0, 0.1) is 5.92 Å². The van der Waals surface area contributed by atoms with Crippen LogP contribution in [0.25, 0.3) is 0 Å². The molecule has 0 bridgehead atoms. The molecule has 0 heterocycles. The Morgan fingerprint density at radius 1 is 1.12 bits per heavy atom. The van der Waals surface area contributed by atoms with Crippen molar-refractivity contribution < 1.29 is 14.7 Å². The van der Waals surface area contributed by atoms with Crippen molar-refractivity contribution in [1.82, 2.24) is 10.6 Å². The summed E-state index contributed by atoms with van der Waals surface area (Å²) >= 11 is 0. The van der Waals surface area contributed by atoms with E-state index in [1.165, 1.54) is 0 Å². The van der Waals surface area contributed by atoms with Crippen molar-refractivity contribution >= 4 is 12.0 Å². The zero-order valence-electron chi connectivity index (χ0n) is 11.0. The number of carboxylic acids is 1. The Kier molecular flexibility index (Phi) is 8.19. The van der Waals surface area contributed by atoms with Crippen LogP contribution in [0.2, 0.25) is 0 Å². The molecule has 0 aromatic heterocycles. The summed E-state index contributed by atoms with van der Waals surface area (Å²) in [4.78, 5) is 22.1. The Balaban J connectivity index is 3.91. The normalized spacial score (nSPS) is 12.2. The van der Waals surface area contributed by atoms with Gasteiger partial charge >= 0.3 is 12.0 Å². The van der Waals surface area contributed by atoms with E-state index in [4.69, 9.17) is 5.11 Å². The Labute approximate surface area is 103 Å². The third kappa shape index (κ3) is 7.60. The lowest BCUT2D eigenvalue weighted by Crippen LogP contribution is -2.43. The molecule has 0 aromatic rings. The molecule has 0 fully saturated rings. The van der Waals surface area contributed by atoms with Gasteiger partial charge in [-0.3, -0.25) is 4.79 Å². The monoisotopic (exact) mass is 244 g/mol. The van der Waals surface area contributed by atoms with E-state index in [1.807, 2.05) is 20.8 Å². The van der Waals surface area contributed by atoms with Crippen LogP contribution in [0.5, 0.6) is 0 Å². The highest BCUT2D eigenvalue weighted by atomic mass is 16.4. The van der Waals surface area contributed by atoms with Crippen LogP contribution in [0.3, 0.4) is 0 Å². The third-order valence-corrected chi connectivity index (χ3v) is 2.91. The highest BCUT2D eigenvalue weighted by molar-refractivity contribution is 5.74. The highest BCUT2D eigenvalue weighted by Gasteiger charge is 2.13. The number of nitrogens with one attached hydrogen (secondary N) is 2. The molecule has 0 aromatic carbocycles. The number of hydrogen-bond donors (Lipinski definition) is 3. The van der Waals surface area contributed by atoms with Gasteiger partial charge in [-0.25, -0.2) is 4.79 Å². The molecule has 3 N–H and O–H groups in total. The van der Waals surface area contributed by atoms with E-state index >= 15 is 0 Å². The minimum Gasteiger partial charge on any atom is -0.481 e. The lowest BCUT2D eigenvalue weighted by molar-refractivity contribution is -0.138. The molecule has 0 rings (SSSR count). The van der Waals surface area contributed by atoms with Gasteiger partial charge in [-0.05, 0) is 18.8 Å². The molecule has 0 radical (unpaired) electrons. The average Bonchev–Trinajstić information content (AvgIpc) is 2.30. The first-order valence-electron chi connectivity index (χ1n) is 6.29. The molecule has 0 spiro atoms. The van der Waals surface area contributed by atoms with E-state index in [9.17, 15) is 9.59 Å². The maximum Gasteiger partial charge on any atom is 0.315 e. The molecular weight excluding hydrogens is 220 g/mol. The lowest BCUT2D eigenvalue weighted by atomic mass is 10.0. The van der Waals surface area contributed by atoms with Crippen molar-refractivity contribution in [3.05, 3.63) is 0 Å². The number of carbonyl (C=O) groups is 2. The van der Waals surface area contributed by atoms with Gasteiger partial charge < -0.3 is 15.7 Å². The van der Waals surface area contributed by atoms with Gasteiger partial charge in [0.15, 0.2) is 0 Å². The SMILES string of the molecule is CCC(CNC(=O)NC(CC)CC)CC(=O)O. The molecule has 1 unspecified atom stereocenters. The van der Waals surface area contributed by atoms with Gasteiger partial charge in [0.1, 0.15) is 0 Å². The Hall–Kier alpha value is -1.26. The molecule has 0 aliphatic rings. The molecule has 0 aliphatic heterocycles. The summed E-state index contributed by atoms with van der Waals surface area (Å²) < 4.78 is 0. The molecule has 1 atom stereocenters. The maximum absolute atomic E-state index is 11.5. The van der Waals surface area contributed by atoms with E-state index in [2.05, 4.69) is 10.6 Å². The van der Waals surface area contributed by atoms with Crippen LogP contribution in [-0.4, -0.2) is 29.7 Å². The molecule has 17 heavy (non-hydrogen) atoms. The van der Waals surface area contributed by atoms with Crippen molar-refractivity contribution in [1.29, 1.82) is 0 Å². The standard InChI is InChI=1S/C12H24N2O3/c1-4-9(7-11(15)16)8-13-12(17)14-10(5-2)6-3/h9-10H,4-8H2,1-3H3,(H,15,16)(H2,13,14,17). The summed E-state index contributed by atoms with van der Waals surface area (Å²) in [5.41, 5.74) is 0. The summed E-state index contributed by atoms with van der Waals surface area (Å²) in [5, 5.41) is 14.2. The molecule has 100 valence electrons. The Morgan fingerprint density at radius 3 is 2.12 bits per heavy atom. The van der Waals surface area contributed by atoms with E-state index in [0.717, 1.165) is 19.3 Å². The number of aliphatic carboxylic acids is 1.